The van der Waals surface area contributed by atoms with Gasteiger partial charge in [-0.1, -0.05) is 36.2 Å². The number of ether oxygens (including phenoxy) is 2. The summed E-state index contributed by atoms with van der Waals surface area (Å²) in [4.78, 5) is 27.8. The van der Waals surface area contributed by atoms with Crippen molar-refractivity contribution in [1.82, 2.24) is 10.2 Å². The molecule has 1 aliphatic rings. The number of amides is 2. The summed E-state index contributed by atoms with van der Waals surface area (Å²) in [5, 5.41) is 3.41. The number of halogens is 2. The van der Waals surface area contributed by atoms with Gasteiger partial charge >= 0.3 is 0 Å². The van der Waals surface area contributed by atoms with E-state index in [2.05, 4.69) is 5.32 Å². The first kappa shape index (κ1) is 27.9. The Balaban J connectivity index is 1.96. The quantitative estimate of drug-likeness (QED) is 0.479. The van der Waals surface area contributed by atoms with E-state index in [9.17, 15) is 18.0 Å². The van der Waals surface area contributed by atoms with E-state index in [-0.39, 0.29) is 18.1 Å². The number of rotatable bonds is 10. The Morgan fingerprint density at radius 1 is 1.03 bits per heavy atom. The van der Waals surface area contributed by atoms with Crippen LogP contribution in [0.5, 0.6) is 11.5 Å². The molecule has 1 N–H and O–H groups in total. The van der Waals surface area contributed by atoms with Gasteiger partial charge in [-0.2, -0.15) is 0 Å². The van der Waals surface area contributed by atoms with Gasteiger partial charge in [-0.25, -0.2) is 8.42 Å². The van der Waals surface area contributed by atoms with Crippen LogP contribution in [0.1, 0.15) is 25.8 Å². The third-order valence-electron chi connectivity index (χ3n) is 5.57. The molecular weight excluding hydrogens is 529 g/mol. The van der Waals surface area contributed by atoms with Crippen LogP contribution in [0.2, 0.25) is 10.0 Å². The molecule has 1 heterocycles. The first-order chi connectivity index (χ1) is 17.0. The minimum absolute atomic E-state index is 0.0318. The number of anilines is 1. The van der Waals surface area contributed by atoms with Crippen molar-refractivity contribution in [1.29, 1.82) is 0 Å². The normalized spacial score (nSPS) is 13.6. The number of benzene rings is 2. The average Bonchev–Trinajstić information content (AvgIpc) is 2.83. The Hall–Kier alpha value is -2.69. The van der Waals surface area contributed by atoms with Gasteiger partial charge in [0.15, 0.2) is 11.5 Å². The van der Waals surface area contributed by atoms with Crippen molar-refractivity contribution < 1.29 is 27.5 Å². The molecule has 0 unspecified atom stereocenters. The van der Waals surface area contributed by atoms with Gasteiger partial charge in [0.2, 0.25) is 21.8 Å². The maximum Gasteiger partial charge on any atom is 0.244 e. The zero-order chi connectivity index (χ0) is 26.5. The maximum atomic E-state index is 13.7. The highest BCUT2D eigenvalue weighted by Gasteiger charge is 2.32. The fourth-order valence-electron chi connectivity index (χ4n) is 3.85. The zero-order valence-electron chi connectivity index (χ0n) is 20.3. The number of carbonyl (C=O) groups excluding carboxylic acids is 2. The molecule has 0 saturated heterocycles. The molecule has 9 nitrogen and oxygen atoms in total. The van der Waals surface area contributed by atoms with Crippen LogP contribution in [0.15, 0.2) is 36.4 Å². The van der Waals surface area contributed by atoms with Crippen LogP contribution >= 0.6 is 23.2 Å². The Kier molecular flexibility index (Phi) is 9.32. The van der Waals surface area contributed by atoms with Gasteiger partial charge < -0.3 is 19.7 Å². The predicted octanol–water partition coefficient (Wildman–Crippen LogP) is 3.47. The van der Waals surface area contributed by atoms with E-state index >= 15 is 0 Å². The first-order valence-corrected chi connectivity index (χ1v) is 14.0. The smallest absolute Gasteiger partial charge is 0.244 e. The maximum absolute atomic E-state index is 13.7. The summed E-state index contributed by atoms with van der Waals surface area (Å²) in [5.74, 6) is -0.00675. The molecule has 36 heavy (non-hydrogen) atoms. The lowest BCUT2D eigenvalue weighted by Gasteiger charge is -2.33. The van der Waals surface area contributed by atoms with Crippen molar-refractivity contribution in [3.05, 3.63) is 52.0 Å². The number of hydrogen-bond donors (Lipinski definition) is 1. The van der Waals surface area contributed by atoms with Crippen molar-refractivity contribution in [2.45, 2.75) is 32.9 Å². The number of carbonyl (C=O) groups is 2. The summed E-state index contributed by atoms with van der Waals surface area (Å²) in [6, 6.07) is 8.77. The van der Waals surface area contributed by atoms with Crippen LogP contribution in [0.3, 0.4) is 0 Å². The second-order valence-electron chi connectivity index (χ2n) is 8.19. The molecule has 0 fully saturated rings. The van der Waals surface area contributed by atoms with E-state index in [0.717, 1.165) is 10.6 Å². The fraction of sp³-hybridized carbons (Fsp3) is 0.417. The molecule has 0 aliphatic carbocycles. The van der Waals surface area contributed by atoms with Crippen molar-refractivity contribution >= 4 is 50.7 Å². The van der Waals surface area contributed by atoms with E-state index in [0.29, 0.717) is 53.3 Å². The summed E-state index contributed by atoms with van der Waals surface area (Å²) >= 11 is 12.2. The van der Waals surface area contributed by atoms with Crippen LogP contribution in [-0.2, 0) is 26.2 Å². The average molecular weight is 558 g/mol. The molecule has 2 aromatic carbocycles. The second kappa shape index (κ2) is 12.0. The van der Waals surface area contributed by atoms with Gasteiger partial charge in [0.25, 0.3) is 0 Å². The molecule has 0 spiro atoms. The topological polar surface area (TPSA) is 105 Å². The van der Waals surface area contributed by atoms with Crippen LogP contribution in [-0.4, -0.2) is 63.7 Å². The van der Waals surface area contributed by atoms with Crippen molar-refractivity contribution in [2.24, 2.45) is 0 Å². The number of likely N-dealkylation sites (N-methyl/N-ethyl adjacent to an activating group) is 1. The molecule has 0 saturated carbocycles. The molecule has 12 heteroatoms. The third kappa shape index (κ3) is 6.74. The lowest BCUT2D eigenvalue weighted by Crippen LogP contribution is -2.52. The minimum Gasteiger partial charge on any atom is -0.486 e. The molecule has 0 bridgehead atoms. The van der Waals surface area contributed by atoms with Crippen LogP contribution in [0.25, 0.3) is 0 Å². The fourth-order valence-corrected chi connectivity index (χ4v) is 5.01. The van der Waals surface area contributed by atoms with Gasteiger partial charge in [0, 0.05) is 19.2 Å². The SMILES string of the molecule is CCNC(=O)[C@H](CC)N(Cc1ccc(Cl)c(Cl)c1)C(=O)CN(c1ccc2c(c1)OCCO2)S(C)(=O)=O. The molecule has 1 atom stereocenters. The molecule has 0 aromatic heterocycles. The predicted molar refractivity (Wildman–Crippen MR) is 139 cm³/mol. The lowest BCUT2D eigenvalue weighted by molar-refractivity contribution is -0.140. The van der Waals surface area contributed by atoms with E-state index in [4.69, 9.17) is 32.7 Å². The van der Waals surface area contributed by atoms with Crippen LogP contribution in [0.4, 0.5) is 5.69 Å². The number of hydrogen-bond acceptors (Lipinski definition) is 6. The molecule has 1 aliphatic heterocycles. The largest absolute Gasteiger partial charge is 0.486 e. The standard InChI is InChI=1S/C24H29Cl2N3O6S/c1-4-20(24(31)27-5-2)28(14-16-6-8-18(25)19(26)12-16)23(30)15-29(36(3,32)33)17-7-9-21-22(13-17)35-11-10-34-21/h6-9,12-13,20H,4-5,10-11,14-15H2,1-3H3,(H,27,31)/t20-/m0/s1. The van der Waals surface area contributed by atoms with Gasteiger partial charge in [0.05, 0.1) is 22.0 Å². The summed E-state index contributed by atoms with van der Waals surface area (Å²) in [7, 11) is -3.87. The van der Waals surface area contributed by atoms with Crippen molar-refractivity contribution in [3.63, 3.8) is 0 Å². The monoisotopic (exact) mass is 557 g/mol. The molecule has 3 rings (SSSR count). The summed E-state index contributed by atoms with van der Waals surface area (Å²) < 4.78 is 37.6. The highest BCUT2D eigenvalue weighted by molar-refractivity contribution is 7.92. The van der Waals surface area contributed by atoms with Gasteiger partial charge in [-0.05, 0) is 43.2 Å². The van der Waals surface area contributed by atoms with E-state index in [1.807, 2.05) is 0 Å². The Bertz CT molecular complexity index is 1220. The van der Waals surface area contributed by atoms with E-state index < -0.39 is 28.5 Å². The third-order valence-corrected chi connectivity index (χ3v) is 7.45. The zero-order valence-corrected chi connectivity index (χ0v) is 22.6. The molecule has 196 valence electrons. The molecular formula is C24H29Cl2N3O6S. The second-order valence-corrected chi connectivity index (χ2v) is 10.9. The van der Waals surface area contributed by atoms with E-state index in [1.54, 1.807) is 44.2 Å². The Morgan fingerprint density at radius 2 is 1.72 bits per heavy atom. The van der Waals surface area contributed by atoms with Crippen LogP contribution in [0, 0.1) is 0 Å². The van der Waals surface area contributed by atoms with Crippen molar-refractivity contribution in [3.8, 4) is 11.5 Å². The molecule has 2 aromatic rings. The first-order valence-electron chi connectivity index (χ1n) is 11.4. The summed E-state index contributed by atoms with van der Waals surface area (Å²) in [6.07, 6.45) is 1.34. The summed E-state index contributed by atoms with van der Waals surface area (Å²) in [5.41, 5.74) is 0.890. The highest BCUT2D eigenvalue weighted by Crippen LogP contribution is 2.35. The Labute approximate surface area is 221 Å². The number of fused-ring (bicyclic) bond motifs is 1. The lowest BCUT2D eigenvalue weighted by atomic mass is 10.1. The van der Waals surface area contributed by atoms with Crippen LogP contribution < -0.4 is 19.1 Å². The van der Waals surface area contributed by atoms with Gasteiger partial charge in [-0.15, -0.1) is 0 Å². The molecule has 0 radical (unpaired) electrons. The van der Waals surface area contributed by atoms with E-state index in [1.165, 1.54) is 11.0 Å². The minimum atomic E-state index is -3.87. The Morgan fingerprint density at radius 3 is 2.33 bits per heavy atom. The molecule has 2 amide bonds. The van der Waals surface area contributed by atoms with Gasteiger partial charge in [0.1, 0.15) is 25.8 Å². The number of sulfonamides is 1. The number of nitrogens with zero attached hydrogens (tertiary/aromatic N) is 2. The van der Waals surface area contributed by atoms with Gasteiger partial charge in [-0.3, -0.25) is 13.9 Å². The number of nitrogens with one attached hydrogen (secondary N) is 1. The van der Waals surface area contributed by atoms with Crippen molar-refractivity contribution in [2.75, 3.05) is 36.9 Å². The highest BCUT2D eigenvalue weighted by atomic mass is 35.5. The summed E-state index contributed by atoms with van der Waals surface area (Å²) in [6.45, 7) is 4.18.